The predicted molar refractivity (Wildman–Crippen MR) is 91.0 cm³/mol. The van der Waals surface area contributed by atoms with Crippen LogP contribution in [-0.4, -0.2) is 17.8 Å². The zero-order chi connectivity index (χ0) is 17.1. The van der Waals surface area contributed by atoms with Gasteiger partial charge in [-0.25, -0.2) is 4.79 Å². The summed E-state index contributed by atoms with van der Waals surface area (Å²) in [4.78, 5) is 23.9. The molecular formula is C18H12Cl2O4. The fourth-order valence-corrected chi connectivity index (χ4v) is 2.81. The molecule has 0 aromatic heterocycles. The highest BCUT2D eigenvalue weighted by Crippen LogP contribution is 2.40. The molecule has 0 amide bonds. The summed E-state index contributed by atoms with van der Waals surface area (Å²) in [7, 11) is 0. The van der Waals surface area contributed by atoms with Gasteiger partial charge in [-0.3, -0.25) is 4.79 Å². The van der Waals surface area contributed by atoms with Crippen molar-refractivity contribution in [2.75, 3.05) is 5.88 Å². The molecule has 1 aliphatic heterocycles. The SMILES string of the molecule is O=C(CCl)O/C(=C\Cl)C1=C2C3=CC=CC=C(C=CC=C2OC1=O)C3. The number of hydrogen-bond acceptors (Lipinski definition) is 4. The molecule has 0 spiro atoms. The Morgan fingerprint density at radius 2 is 2.04 bits per heavy atom. The topological polar surface area (TPSA) is 52.6 Å². The maximum atomic E-state index is 12.4. The number of carbonyl (C=O) groups is 2. The highest BCUT2D eigenvalue weighted by molar-refractivity contribution is 6.27. The van der Waals surface area contributed by atoms with E-state index in [-0.39, 0.29) is 17.2 Å². The summed E-state index contributed by atoms with van der Waals surface area (Å²) >= 11 is 11.2. The number of allylic oxidation sites excluding steroid dienone is 9. The van der Waals surface area contributed by atoms with E-state index in [0.29, 0.717) is 17.8 Å². The Kier molecular flexibility index (Phi) is 4.88. The van der Waals surface area contributed by atoms with Crippen molar-refractivity contribution in [1.82, 2.24) is 0 Å². The van der Waals surface area contributed by atoms with E-state index in [9.17, 15) is 9.59 Å². The first kappa shape index (κ1) is 16.6. The van der Waals surface area contributed by atoms with Crippen molar-refractivity contribution in [3.8, 4) is 0 Å². The van der Waals surface area contributed by atoms with Crippen molar-refractivity contribution >= 4 is 35.1 Å². The number of fused-ring (bicyclic) bond motifs is 4. The van der Waals surface area contributed by atoms with Gasteiger partial charge in [0, 0.05) is 11.1 Å². The van der Waals surface area contributed by atoms with Gasteiger partial charge < -0.3 is 9.47 Å². The lowest BCUT2D eigenvalue weighted by atomic mass is 9.91. The number of rotatable bonds is 3. The normalized spacial score (nSPS) is 19.5. The molecule has 0 aromatic rings. The first-order chi connectivity index (χ1) is 11.6. The van der Waals surface area contributed by atoms with Crippen LogP contribution in [0.5, 0.6) is 0 Å². The van der Waals surface area contributed by atoms with Crippen molar-refractivity contribution in [1.29, 1.82) is 0 Å². The molecule has 0 aromatic carbocycles. The van der Waals surface area contributed by atoms with E-state index < -0.39 is 11.9 Å². The third-order valence-electron chi connectivity index (χ3n) is 3.57. The van der Waals surface area contributed by atoms with Crippen LogP contribution in [0.15, 0.2) is 81.9 Å². The first-order valence-corrected chi connectivity index (χ1v) is 8.10. The van der Waals surface area contributed by atoms with Crippen LogP contribution in [-0.2, 0) is 19.1 Å². The fraction of sp³-hybridized carbons (Fsp3) is 0.111. The van der Waals surface area contributed by atoms with Crippen LogP contribution in [0.3, 0.4) is 0 Å². The molecule has 0 radical (unpaired) electrons. The molecule has 2 bridgehead atoms. The van der Waals surface area contributed by atoms with Gasteiger partial charge in [-0.2, -0.15) is 0 Å². The quantitative estimate of drug-likeness (QED) is 0.433. The molecule has 3 rings (SSSR count). The highest BCUT2D eigenvalue weighted by atomic mass is 35.5. The van der Waals surface area contributed by atoms with Gasteiger partial charge >= 0.3 is 11.9 Å². The van der Waals surface area contributed by atoms with Gasteiger partial charge in [0.15, 0.2) is 5.76 Å². The monoisotopic (exact) mass is 362 g/mol. The third kappa shape index (κ3) is 3.16. The van der Waals surface area contributed by atoms with Gasteiger partial charge in [0.05, 0.1) is 0 Å². The van der Waals surface area contributed by atoms with Gasteiger partial charge in [0.25, 0.3) is 0 Å². The van der Waals surface area contributed by atoms with Gasteiger partial charge in [0.1, 0.15) is 17.2 Å². The number of carbonyl (C=O) groups excluding carboxylic acids is 2. The lowest BCUT2D eigenvalue weighted by Gasteiger charge is -2.13. The number of halogens is 2. The molecule has 0 saturated heterocycles. The van der Waals surface area contributed by atoms with Crippen molar-refractivity contribution in [3.63, 3.8) is 0 Å². The Labute approximate surface area is 148 Å². The van der Waals surface area contributed by atoms with Gasteiger partial charge in [-0.1, -0.05) is 48.1 Å². The van der Waals surface area contributed by atoms with Crippen LogP contribution < -0.4 is 0 Å². The molecule has 0 saturated carbocycles. The average molecular weight is 363 g/mol. The maximum Gasteiger partial charge on any atom is 0.348 e. The number of hydrogen-bond donors (Lipinski definition) is 0. The van der Waals surface area contributed by atoms with Gasteiger partial charge in [0.2, 0.25) is 0 Å². The second-order valence-electron chi connectivity index (χ2n) is 5.11. The number of ether oxygens (including phenoxy) is 2. The third-order valence-corrected chi connectivity index (χ3v) is 3.99. The van der Waals surface area contributed by atoms with Gasteiger partial charge in [-0.05, 0) is 23.6 Å². The smallest absolute Gasteiger partial charge is 0.348 e. The first-order valence-electron chi connectivity index (χ1n) is 7.13. The molecule has 0 N–H and O–H groups in total. The van der Waals surface area contributed by atoms with Crippen molar-refractivity contribution in [3.05, 3.63) is 81.9 Å². The number of alkyl halides is 1. The summed E-state index contributed by atoms with van der Waals surface area (Å²) in [6.45, 7) is 0. The van der Waals surface area contributed by atoms with E-state index in [1.807, 2.05) is 36.5 Å². The molecule has 24 heavy (non-hydrogen) atoms. The Morgan fingerprint density at radius 3 is 2.79 bits per heavy atom. The Bertz CT molecular complexity index is 820. The summed E-state index contributed by atoms with van der Waals surface area (Å²) in [5.74, 6) is -1.36. The molecule has 3 aliphatic rings. The molecule has 6 heteroatoms. The van der Waals surface area contributed by atoms with Crippen molar-refractivity contribution in [2.45, 2.75) is 6.42 Å². The largest absolute Gasteiger partial charge is 0.424 e. The molecule has 0 unspecified atom stereocenters. The van der Waals surface area contributed by atoms with Crippen LogP contribution in [0, 0.1) is 0 Å². The summed E-state index contributed by atoms with van der Waals surface area (Å²) in [6.07, 6.45) is 13.7. The fourth-order valence-electron chi connectivity index (χ4n) is 2.60. The molecule has 4 nitrogen and oxygen atoms in total. The average Bonchev–Trinajstić information content (AvgIpc) is 2.75. The highest BCUT2D eigenvalue weighted by Gasteiger charge is 2.36. The molecule has 1 heterocycles. The molecule has 0 atom stereocenters. The zero-order valence-corrected chi connectivity index (χ0v) is 13.9. The summed E-state index contributed by atoms with van der Waals surface area (Å²) in [5, 5.41) is 0. The summed E-state index contributed by atoms with van der Waals surface area (Å²) in [5.41, 5.74) is 3.66. The summed E-state index contributed by atoms with van der Waals surface area (Å²) < 4.78 is 10.4. The Balaban J connectivity index is 2.17. The second kappa shape index (κ2) is 7.07. The molecule has 0 fully saturated rings. The van der Waals surface area contributed by atoms with Crippen LogP contribution in [0.2, 0.25) is 0 Å². The maximum absolute atomic E-state index is 12.4. The Hall–Kier alpha value is -2.30. The lowest BCUT2D eigenvalue weighted by Crippen LogP contribution is -2.11. The van der Waals surface area contributed by atoms with Crippen LogP contribution in [0.1, 0.15) is 6.42 Å². The lowest BCUT2D eigenvalue weighted by molar-refractivity contribution is -0.137. The van der Waals surface area contributed by atoms with E-state index in [1.165, 1.54) is 0 Å². The van der Waals surface area contributed by atoms with E-state index >= 15 is 0 Å². The molecule has 122 valence electrons. The van der Waals surface area contributed by atoms with E-state index in [0.717, 1.165) is 16.7 Å². The van der Waals surface area contributed by atoms with Crippen LogP contribution in [0.4, 0.5) is 0 Å². The van der Waals surface area contributed by atoms with Crippen LogP contribution >= 0.6 is 23.2 Å². The number of esters is 2. The zero-order valence-electron chi connectivity index (χ0n) is 12.4. The Morgan fingerprint density at radius 1 is 1.25 bits per heavy atom. The summed E-state index contributed by atoms with van der Waals surface area (Å²) in [6, 6.07) is 0. The standard InChI is InChI=1S/C18H12Cl2O4/c19-9-14(23-15(21)10-20)17-16-12-6-2-1-4-11(8-12)5-3-7-13(16)24-18(17)22/h1-7,9H,8,10H2/b5-3?,13-7?,14-9-. The van der Waals surface area contributed by atoms with Crippen molar-refractivity contribution in [2.24, 2.45) is 0 Å². The van der Waals surface area contributed by atoms with E-state index in [4.69, 9.17) is 32.7 Å². The minimum absolute atomic E-state index is 0.0741. The minimum atomic E-state index is -0.706. The van der Waals surface area contributed by atoms with E-state index in [2.05, 4.69) is 0 Å². The molecule has 2 aliphatic carbocycles. The minimum Gasteiger partial charge on any atom is -0.424 e. The van der Waals surface area contributed by atoms with Crippen molar-refractivity contribution < 1.29 is 19.1 Å². The van der Waals surface area contributed by atoms with E-state index in [1.54, 1.807) is 6.08 Å². The predicted octanol–water partition coefficient (Wildman–Crippen LogP) is 3.97. The van der Waals surface area contributed by atoms with Gasteiger partial charge in [-0.15, -0.1) is 11.6 Å². The van der Waals surface area contributed by atoms with Crippen LogP contribution in [0.25, 0.3) is 0 Å². The second-order valence-corrected chi connectivity index (χ2v) is 5.59. The molecular weight excluding hydrogens is 351 g/mol.